The van der Waals surface area contributed by atoms with Crippen molar-refractivity contribution in [3.8, 4) is 11.5 Å². The Morgan fingerprint density at radius 1 is 1.00 bits per heavy atom. The lowest BCUT2D eigenvalue weighted by Crippen LogP contribution is -2.43. The Morgan fingerprint density at radius 2 is 1.80 bits per heavy atom. The fourth-order valence-electron chi connectivity index (χ4n) is 3.88. The van der Waals surface area contributed by atoms with Crippen molar-refractivity contribution in [2.75, 3.05) is 30.5 Å². The molecule has 3 amide bonds. The van der Waals surface area contributed by atoms with Crippen LogP contribution in [-0.4, -0.2) is 52.7 Å². The zero-order chi connectivity index (χ0) is 24.4. The number of anilines is 2. The second-order valence-corrected chi connectivity index (χ2v) is 9.44. The minimum Gasteiger partial charge on any atom is -0.454 e. The molecular weight excluding hydrogens is 494 g/mol. The van der Waals surface area contributed by atoms with E-state index in [2.05, 4.69) is 20.8 Å². The first-order valence-corrected chi connectivity index (χ1v) is 12.1. The number of nitrogens with zero attached hydrogens (tertiary/aromatic N) is 3. The first-order valence-electron chi connectivity index (χ1n) is 10.9. The highest BCUT2D eigenvalue weighted by atomic mass is 35.5. The van der Waals surface area contributed by atoms with Gasteiger partial charge in [-0.3, -0.25) is 14.4 Å². The third-order valence-corrected chi connectivity index (χ3v) is 6.75. The zero-order valence-corrected chi connectivity index (χ0v) is 19.9. The highest BCUT2D eigenvalue weighted by Gasteiger charge is 2.31. The van der Waals surface area contributed by atoms with Crippen LogP contribution in [0.5, 0.6) is 11.5 Å². The Bertz CT molecular complexity index is 1300. The number of rotatable bonds is 5. The van der Waals surface area contributed by atoms with Gasteiger partial charge in [-0.05, 0) is 43.2 Å². The van der Waals surface area contributed by atoms with Gasteiger partial charge in [0.1, 0.15) is 0 Å². The van der Waals surface area contributed by atoms with Gasteiger partial charge in [0, 0.05) is 35.6 Å². The van der Waals surface area contributed by atoms with Gasteiger partial charge >= 0.3 is 0 Å². The molecule has 0 unspecified atom stereocenters. The van der Waals surface area contributed by atoms with E-state index in [4.69, 9.17) is 21.1 Å². The molecule has 0 spiro atoms. The van der Waals surface area contributed by atoms with Gasteiger partial charge < -0.3 is 25.0 Å². The number of aromatic nitrogens is 2. The molecule has 1 fully saturated rings. The summed E-state index contributed by atoms with van der Waals surface area (Å²) in [5, 5.41) is 14.0. The number of hydrogen-bond acceptors (Lipinski definition) is 8. The summed E-state index contributed by atoms with van der Waals surface area (Å²) in [6, 6.07) is 11.9. The number of carbonyl (C=O) groups is 3. The maximum Gasteiger partial charge on any atom is 0.286 e. The summed E-state index contributed by atoms with van der Waals surface area (Å²) in [6.07, 6.45) is 1.34. The van der Waals surface area contributed by atoms with Crippen molar-refractivity contribution in [1.82, 2.24) is 15.1 Å². The van der Waals surface area contributed by atoms with E-state index in [1.807, 2.05) is 0 Å². The van der Waals surface area contributed by atoms with Crippen molar-refractivity contribution in [2.45, 2.75) is 12.8 Å². The number of piperidine rings is 1. The molecule has 1 aromatic heterocycles. The van der Waals surface area contributed by atoms with Crippen LogP contribution in [0.4, 0.5) is 11.4 Å². The minimum absolute atomic E-state index is 0.0540. The fourth-order valence-corrected chi connectivity index (χ4v) is 4.78. The van der Waals surface area contributed by atoms with Crippen LogP contribution in [0.2, 0.25) is 5.02 Å². The lowest BCUT2D eigenvalue weighted by molar-refractivity contribution is -0.121. The molecule has 35 heavy (non-hydrogen) atoms. The lowest BCUT2D eigenvalue weighted by atomic mass is 9.97. The number of likely N-dealkylation sites (tertiary alicyclic amines) is 1. The number of benzene rings is 2. The van der Waals surface area contributed by atoms with Gasteiger partial charge in [0.15, 0.2) is 11.5 Å². The molecule has 0 aliphatic carbocycles. The standard InChI is InChI=1S/C23H20ClN5O5S/c24-14-4-1-5-15(9-14)25-19(30)13-3-2-8-29(11-13)23(32)22-28-27-21(35-22)20(31)26-16-6-7-17-18(10-16)34-12-33-17/h1,4-7,9-10,13H,2-3,8,11-12H2,(H,25,30)(H,26,31)/t13-/m0/s1. The Hall–Kier alpha value is -3.70. The van der Waals surface area contributed by atoms with E-state index in [0.29, 0.717) is 47.3 Å². The molecule has 10 nitrogen and oxygen atoms in total. The molecule has 0 bridgehead atoms. The Labute approximate surface area is 209 Å². The first kappa shape index (κ1) is 23.1. The predicted octanol–water partition coefficient (Wildman–Crippen LogP) is 3.66. The topological polar surface area (TPSA) is 123 Å². The molecule has 2 aliphatic rings. The van der Waals surface area contributed by atoms with Crippen LogP contribution in [0.25, 0.3) is 0 Å². The molecule has 3 aromatic rings. The van der Waals surface area contributed by atoms with Gasteiger partial charge in [0.2, 0.25) is 22.7 Å². The smallest absolute Gasteiger partial charge is 0.286 e. The Balaban J connectivity index is 1.20. The fraction of sp³-hybridized carbons (Fsp3) is 0.261. The van der Waals surface area contributed by atoms with Crippen LogP contribution in [0.3, 0.4) is 0 Å². The number of ether oxygens (including phenoxy) is 2. The van der Waals surface area contributed by atoms with Crippen LogP contribution >= 0.6 is 22.9 Å². The lowest BCUT2D eigenvalue weighted by Gasteiger charge is -2.31. The number of nitrogens with one attached hydrogen (secondary N) is 2. The van der Waals surface area contributed by atoms with Crippen molar-refractivity contribution >= 4 is 52.0 Å². The summed E-state index contributed by atoms with van der Waals surface area (Å²) in [7, 11) is 0. The average molecular weight is 514 g/mol. The van der Waals surface area contributed by atoms with E-state index >= 15 is 0 Å². The normalized spacial score (nSPS) is 16.6. The van der Waals surface area contributed by atoms with E-state index in [1.165, 1.54) is 0 Å². The molecule has 5 rings (SSSR count). The highest BCUT2D eigenvalue weighted by molar-refractivity contribution is 7.15. The van der Waals surface area contributed by atoms with Crippen LogP contribution in [0, 0.1) is 5.92 Å². The molecule has 2 aliphatic heterocycles. The minimum atomic E-state index is -0.488. The summed E-state index contributed by atoms with van der Waals surface area (Å²) in [5.74, 6) is -0.246. The van der Waals surface area contributed by atoms with Crippen LogP contribution in [0.1, 0.15) is 32.4 Å². The van der Waals surface area contributed by atoms with E-state index < -0.39 is 5.91 Å². The summed E-state index contributed by atoms with van der Waals surface area (Å²) in [6.45, 7) is 0.885. The molecule has 180 valence electrons. The van der Waals surface area contributed by atoms with Gasteiger partial charge in [-0.25, -0.2) is 0 Å². The van der Waals surface area contributed by atoms with Crippen LogP contribution in [-0.2, 0) is 4.79 Å². The predicted molar refractivity (Wildman–Crippen MR) is 129 cm³/mol. The molecule has 3 heterocycles. The van der Waals surface area contributed by atoms with Crippen molar-refractivity contribution in [3.63, 3.8) is 0 Å². The Morgan fingerprint density at radius 3 is 2.66 bits per heavy atom. The number of amides is 3. The van der Waals surface area contributed by atoms with Crippen molar-refractivity contribution in [2.24, 2.45) is 5.92 Å². The van der Waals surface area contributed by atoms with Crippen molar-refractivity contribution in [1.29, 1.82) is 0 Å². The van der Waals surface area contributed by atoms with E-state index in [1.54, 1.807) is 47.4 Å². The summed E-state index contributed by atoms with van der Waals surface area (Å²) in [5.41, 5.74) is 1.11. The molecular formula is C23H20ClN5O5S. The Kier molecular flexibility index (Phi) is 6.51. The maximum absolute atomic E-state index is 13.0. The largest absolute Gasteiger partial charge is 0.454 e. The summed E-state index contributed by atoms with van der Waals surface area (Å²) in [4.78, 5) is 39.9. The van der Waals surface area contributed by atoms with Crippen LogP contribution in [0.15, 0.2) is 42.5 Å². The summed E-state index contributed by atoms with van der Waals surface area (Å²) >= 11 is 6.89. The summed E-state index contributed by atoms with van der Waals surface area (Å²) < 4.78 is 10.6. The quantitative estimate of drug-likeness (QED) is 0.533. The van der Waals surface area contributed by atoms with Crippen molar-refractivity contribution < 1.29 is 23.9 Å². The number of halogens is 1. The van der Waals surface area contributed by atoms with Gasteiger partial charge in [-0.15, -0.1) is 10.2 Å². The van der Waals surface area contributed by atoms with E-state index in [-0.39, 0.29) is 41.1 Å². The second-order valence-electron chi connectivity index (χ2n) is 8.02. The van der Waals surface area contributed by atoms with E-state index in [9.17, 15) is 14.4 Å². The molecule has 2 aromatic carbocycles. The molecule has 1 atom stereocenters. The molecule has 1 saturated heterocycles. The first-order chi connectivity index (χ1) is 17.0. The van der Waals surface area contributed by atoms with Crippen LogP contribution < -0.4 is 20.1 Å². The maximum atomic E-state index is 13.0. The van der Waals surface area contributed by atoms with Crippen molar-refractivity contribution in [3.05, 3.63) is 57.5 Å². The molecule has 0 radical (unpaired) electrons. The second kappa shape index (κ2) is 9.88. The monoisotopic (exact) mass is 513 g/mol. The van der Waals surface area contributed by atoms with Gasteiger partial charge in [0.05, 0.1) is 5.92 Å². The van der Waals surface area contributed by atoms with Gasteiger partial charge in [-0.1, -0.05) is 29.0 Å². The average Bonchev–Trinajstić information content (AvgIpc) is 3.53. The number of carbonyl (C=O) groups excluding carboxylic acids is 3. The van der Waals surface area contributed by atoms with E-state index in [0.717, 1.165) is 11.3 Å². The number of fused-ring (bicyclic) bond motifs is 1. The van der Waals surface area contributed by atoms with Gasteiger partial charge in [0.25, 0.3) is 11.8 Å². The molecule has 12 heteroatoms. The third-order valence-electron chi connectivity index (χ3n) is 5.60. The number of hydrogen-bond donors (Lipinski definition) is 2. The SMILES string of the molecule is O=C(Nc1ccc2c(c1)OCO2)c1nnc(C(=O)N2CCC[C@H](C(=O)Nc3cccc(Cl)c3)C2)s1. The molecule has 2 N–H and O–H groups in total. The van der Waals surface area contributed by atoms with Gasteiger partial charge in [-0.2, -0.15) is 0 Å². The molecule has 0 saturated carbocycles. The third kappa shape index (κ3) is 5.20. The highest BCUT2D eigenvalue weighted by Crippen LogP contribution is 2.34. The zero-order valence-electron chi connectivity index (χ0n) is 18.3.